The van der Waals surface area contributed by atoms with Crippen molar-refractivity contribution >= 4 is 29.6 Å². The summed E-state index contributed by atoms with van der Waals surface area (Å²) >= 11 is 6.56. The van der Waals surface area contributed by atoms with Gasteiger partial charge in [-0.25, -0.2) is 9.48 Å². The van der Waals surface area contributed by atoms with E-state index in [4.69, 9.17) is 16.3 Å². The fourth-order valence-corrected chi connectivity index (χ4v) is 4.53. The molecule has 1 amide bonds. The molecule has 0 unspecified atom stereocenters. The van der Waals surface area contributed by atoms with Crippen LogP contribution in [0.5, 0.6) is 0 Å². The number of nitrogens with zero attached hydrogens (tertiary/aromatic N) is 4. The van der Waals surface area contributed by atoms with Gasteiger partial charge in [0.05, 0.1) is 19.3 Å². The Morgan fingerprint density at radius 2 is 1.88 bits per heavy atom. The molecule has 0 aliphatic carbocycles. The molecular weight excluding hydrogens is 440 g/mol. The summed E-state index contributed by atoms with van der Waals surface area (Å²) in [5.41, 5.74) is 3.18. The van der Waals surface area contributed by atoms with Gasteiger partial charge in [0.25, 0.3) is 0 Å². The topological polar surface area (TPSA) is 69.4 Å². The fraction of sp³-hybridized carbons (Fsp3) is 0.320. The molecule has 172 valence electrons. The number of aryl methyl sites for hydroxylation is 1. The molecule has 2 aromatic heterocycles. The molecule has 1 fully saturated rings. The third kappa shape index (κ3) is 5.03. The van der Waals surface area contributed by atoms with Gasteiger partial charge in [0.15, 0.2) is 0 Å². The SMILES string of the molecule is COC(=O)c1cccn1C1CCN(C(=O)/C=C/c2c(C)nn(Cc3ccccc3)c2Cl)CC1. The molecule has 4 rings (SSSR count). The molecule has 7 nitrogen and oxygen atoms in total. The maximum atomic E-state index is 12.8. The van der Waals surface area contributed by atoms with Crippen molar-refractivity contribution in [1.29, 1.82) is 0 Å². The minimum atomic E-state index is -0.346. The number of hydrogen-bond acceptors (Lipinski definition) is 4. The number of rotatable bonds is 6. The first-order valence-electron chi connectivity index (χ1n) is 11.0. The highest BCUT2D eigenvalue weighted by molar-refractivity contribution is 6.31. The number of benzene rings is 1. The van der Waals surface area contributed by atoms with Crippen molar-refractivity contribution in [2.24, 2.45) is 0 Å². The van der Waals surface area contributed by atoms with Crippen LogP contribution in [-0.2, 0) is 16.1 Å². The van der Waals surface area contributed by atoms with E-state index in [-0.39, 0.29) is 17.9 Å². The van der Waals surface area contributed by atoms with Gasteiger partial charge in [-0.05, 0) is 43.5 Å². The van der Waals surface area contributed by atoms with E-state index < -0.39 is 0 Å². The molecule has 1 aliphatic rings. The monoisotopic (exact) mass is 466 g/mol. The van der Waals surface area contributed by atoms with Crippen LogP contribution in [0.2, 0.25) is 5.15 Å². The van der Waals surface area contributed by atoms with Gasteiger partial charge in [0, 0.05) is 37.0 Å². The molecule has 0 atom stereocenters. The number of esters is 1. The highest BCUT2D eigenvalue weighted by atomic mass is 35.5. The van der Waals surface area contributed by atoms with E-state index in [1.807, 2.05) is 59.0 Å². The van der Waals surface area contributed by atoms with Crippen LogP contribution in [0.15, 0.2) is 54.7 Å². The van der Waals surface area contributed by atoms with Crippen LogP contribution in [0, 0.1) is 6.92 Å². The summed E-state index contributed by atoms with van der Waals surface area (Å²) in [6.45, 7) is 3.70. The summed E-state index contributed by atoms with van der Waals surface area (Å²) < 4.78 is 8.56. The third-order valence-electron chi connectivity index (χ3n) is 6.02. The maximum absolute atomic E-state index is 12.8. The molecule has 1 aliphatic heterocycles. The molecule has 1 aromatic carbocycles. The number of carbonyl (C=O) groups is 2. The predicted molar refractivity (Wildman–Crippen MR) is 127 cm³/mol. The van der Waals surface area contributed by atoms with Crippen LogP contribution in [0.1, 0.15) is 46.2 Å². The average molecular weight is 467 g/mol. The van der Waals surface area contributed by atoms with Gasteiger partial charge < -0.3 is 14.2 Å². The van der Waals surface area contributed by atoms with Gasteiger partial charge in [0.2, 0.25) is 5.91 Å². The van der Waals surface area contributed by atoms with Gasteiger partial charge in [-0.15, -0.1) is 0 Å². The largest absolute Gasteiger partial charge is 0.464 e. The molecule has 0 spiro atoms. The molecular formula is C25H27ClN4O3. The summed E-state index contributed by atoms with van der Waals surface area (Å²) in [5.74, 6) is -0.401. The second kappa shape index (κ2) is 10.1. The molecule has 3 aromatic rings. The van der Waals surface area contributed by atoms with Crippen molar-refractivity contribution in [3.05, 3.63) is 82.4 Å². The fourth-order valence-electron chi connectivity index (χ4n) is 4.23. The average Bonchev–Trinajstić information content (AvgIpc) is 3.43. The molecule has 0 radical (unpaired) electrons. The van der Waals surface area contributed by atoms with Crippen LogP contribution in [0.25, 0.3) is 6.08 Å². The highest BCUT2D eigenvalue weighted by Crippen LogP contribution is 2.26. The number of carbonyl (C=O) groups excluding carboxylic acids is 2. The number of hydrogen-bond donors (Lipinski definition) is 0. The quantitative estimate of drug-likeness (QED) is 0.400. The van der Waals surface area contributed by atoms with Crippen LogP contribution < -0.4 is 0 Å². The number of halogens is 1. The minimum absolute atomic E-state index is 0.0552. The van der Waals surface area contributed by atoms with Crippen molar-refractivity contribution in [3.63, 3.8) is 0 Å². The number of aromatic nitrogens is 3. The van der Waals surface area contributed by atoms with Crippen LogP contribution in [-0.4, -0.2) is 51.3 Å². The van der Waals surface area contributed by atoms with Crippen molar-refractivity contribution in [2.75, 3.05) is 20.2 Å². The molecule has 0 bridgehead atoms. The smallest absolute Gasteiger partial charge is 0.354 e. The van der Waals surface area contributed by atoms with Crippen molar-refractivity contribution in [3.8, 4) is 0 Å². The molecule has 8 heteroatoms. The Morgan fingerprint density at radius 1 is 1.15 bits per heavy atom. The van der Waals surface area contributed by atoms with Gasteiger partial charge in [-0.2, -0.15) is 5.10 Å². The number of methoxy groups -OCH3 is 1. The van der Waals surface area contributed by atoms with Crippen molar-refractivity contribution < 1.29 is 14.3 Å². The Labute approximate surface area is 198 Å². The van der Waals surface area contributed by atoms with Crippen LogP contribution >= 0.6 is 11.6 Å². The highest BCUT2D eigenvalue weighted by Gasteiger charge is 2.25. The summed E-state index contributed by atoms with van der Waals surface area (Å²) in [5, 5.41) is 5.05. The Kier molecular flexibility index (Phi) is 6.99. The third-order valence-corrected chi connectivity index (χ3v) is 6.42. The van der Waals surface area contributed by atoms with Crippen molar-refractivity contribution in [1.82, 2.24) is 19.2 Å². The van der Waals surface area contributed by atoms with Crippen LogP contribution in [0.4, 0.5) is 0 Å². The van der Waals surface area contributed by atoms with E-state index in [1.54, 1.807) is 22.9 Å². The minimum Gasteiger partial charge on any atom is -0.464 e. The van der Waals surface area contributed by atoms with E-state index in [0.29, 0.717) is 30.5 Å². The van der Waals surface area contributed by atoms with E-state index in [2.05, 4.69) is 5.10 Å². The Morgan fingerprint density at radius 3 is 2.58 bits per heavy atom. The first kappa shape index (κ1) is 22.9. The molecule has 3 heterocycles. The first-order chi connectivity index (χ1) is 16.0. The van der Waals surface area contributed by atoms with Gasteiger partial charge in [-0.3, -0.25) is 4.79 Å². The number of ether oxygens (including phenoxy) is 1. The number of amides is 1. The Balaban J connectivity index is 1.38. The van der Waals surface area contributed by atoms with Gasteiger partial charge in [-0.1, -0.05) is 41.9 Å². The van der Waals surface area contributed by atoms with Crippen molar-refractivity contribution in [2.45, 2.75) is 32.4 Å². The zero-order valence-corrected chi connectivity index (χ0v) is 19.5. The van der Waals surface area contributed by atoms with Gasteiger partial charge in [0.1, 0.15) is 10.8 Å². The number of piperidine rings is 1. The normalized spacial score (nSPS) is 14.7. The summed E-state index contributed by atoms with van der Waals surface area (Å²) in [6, 6.07) is 13.8. The van der Waals surface area contributed by atoms with Gasteiger partial charge >= 0.3 is 5.97 Å². The van der Waals surface area contributed by atoms with E-state index in [1.165, 1.54) is 7.11 Å². The molecule has 0 N–H and O–H groups in total. The first-order valence-corrected chi connectivity index (χ1v) is 11.3. The maximum Gasteiger partial charge on any atom is 0.354 e. The summed E-state index contributed by atoms with van der Waals surface area (Å²) in [7, 11) is 1.38. The lowest BCUT2D eigenvalue weighted by Gasteiger charge is -2.32. The Bertz CT molecular complexity index is 1160. The summed E-state index contributed by atoms with van der Waals surface area (Å²) in [6.07, 6.45) is 6.76. The molecule has 0 saturated carbocycles. The number of likely N-dealkylation sites (tertiary alicyclic amines) is 1. The van der Waals surface area contributed by atoms with E-state index in [0.717, 1.165) is 29.7 Å². The Hall–Kier alpha value is -3.32. The van der Waals surface area contributed by atoms with Crippen LogP contribution in [0.3, 0.4) is 0 Å². The zero-order valence-electron chi connectivity index (χ0n) is 18.8. The second-order valence-electron chi connectivity index (χ2n) is 8.12. The zero-order chi connectivity index (χ0) is 23.4. The van der Waals surface area contributed by atoms with E-state index >= 15 is 0 Å². The summed E-state index contributed by atoms with van der Waals surface area (Å²) in [4.78, 5) is 26.6. The van der Waals surface area contributed by atoms with E-state index in [9.17, 15) is 9.59 Å². The molecule has 1 saturated heterocycles. The lowest BCUT2D eigenvalue weighted by atomic mass is 10.0. The second-order valence-corrected chi connectivity index (χ2v) is 8.47. The predicted octanol–water partition coefficient (Wildman–Crippen LogP) is 4.36. The lowest BCUT2D eigenvalue weighted by Crippen LogP contribution is -2.38. The standard InChI is InChI=1S/C25H27ClN4O3/c1-18-21(24(26)30(27-18)17-19-7-4-3-5-8-19)10-11-23(31)28-15-12-20(13-16-28)29-14-6-9-22(29)25(32)33-2/h3-11,14,20H,12-13,15-17H2,1-2H3/b11-10+. The lowest BCUT2D eigenvalue weighted by molar-refractivity contribution is -0.127. The molecule has 33 heavy (non-hydrogen) atoms.